The average molecular weight is 408 g/mol. The Labute approximate surface area is 168 Å². The van der Waals surface area contributed by atoms with Gasteiger partial charge in [0.05, 0.1) is 6.04 Å². The van der Waals surface area contributed by atoms with Gasteiger partial charge in [0.25, 0.3) is 0 Å². The first-order valence-corrected chi connectivity index (χ1v) is 9.78. The van der Waals surface area contributed by atoms with E-state index in [4.69, 9.17) is 11.6 Å². The van der Waals surface area contributed by atoms with Gasteiger partial charge in [-0.1, -0.05) is 35.9 Å². The van der Waals surface area contributed by atoms with Crippen LogP contribution >= 0.6 is 11.6 Å². The Bertz CT molecular complexity index is 833. The third kappa shape index (κ3) is 5.07. The molecule has 1 amide bonds. The Morgan fingerprint density at radius 2 is 2.00 bits per heavy atom. The molecule has 4 nitrogen and oxygen atoms in total. The number of hydrogen-bond donors (Lipinski definition) is 2. The van der Waals surface area contributed by atoms with Gasteiger partial charge < -0.3 is 10.6 Å². The minimum Gasteiger partial charge on any atom is -0.355 e. The molecule has 2 aromatic rings. The molecular weight excluding hydrogens is 384 g/mol. The molecule has 2 aromatic carbocycles. The van der Waals surface area contributed by atoms with Gasteiger partial charge in [0.15, 0.2) is 11.6 Å². The van der Waals surface area contributed by atoms with Gasteiger partial charge in [-0.15, -0.1) is 0 Å². The number of nitrogens with one attached hydrogen (secondary N) is 2. The van der Waals surface area contributed by atoms with Crippen molar-refractivity contribution in [3.63, 3.8) is 0 Å². The predicted molar refractivity (Wildman–Crippen MR) is 106 cm³/mol. The first-order chi connectivity index (χ1) is 13.5. The Morgan fingerprint density at radius 3 is 2.71 bits per heavy atom. The molecule has 1 aliphatic heterocycles. The van der Waals surface area contributed by atoms with Crippen molar-refractivity contribution in [1.29, 1.82) is 0 Å². The Morgan fingerprint density at radius 1 is 1.21 bits per heavy atom. The maximum Gasteiger partial charge on any atom is 0.237 e. The summed E-state index contributed by atoms with van der Waals surface area (Å²) in [7, 11) is 0. The maximum absolute atomic E-state index is 13.4. The molecule has 1 heterocycles. The molecule has 1 aliphatic rings. The smallest absolute Gasteiger partial charge is 0.237 e. The van der Waals surface area contributed by atoms with E-state index < -0.39 is 11.6 Å². The molecule has 150 valence electrons. The molecule has 7 heteroatoms. The van der Waals surface area contributed by atoms with Gasteiger partial charge in [0, 0.05) is 37.2 Å². The van der Waals surface area contributed by atoms with Crippen molar-refractivity contribution in [3.05, 3.63) is 70.2 Å². The lowest BCUT2D eigenvalue weighted by molar-refractivity contribution is -0.125. The van der Waals surface area contributed by atoms with E-state index in [0.717, 1.165) is 11.6 Å². The fourth-order valence-electron chi connectivity index (χ4n) is 3.55. The summed E-state index contributed by atoms with van der Waals surface area (Å²) in [5.74, 6) is -1.72. The second-order valence-electron chi connectivity index (χ2n) is 6.99. The quantitative estimate of drug-likeness (QED) is 0.738. The van der Waals surface area contributed by atoms with Crippen molar-refractivity contribution < 1.29 is 13.6 Å². The molecule has 0 bridgehead atoms. The average Bonchev–Trinajstić information content (AvgIpc) is 3.08. The summed E-state index contributed by atoms with van der Waals surface area (Å²) in [6.45, 7) is 4.11. The minimum absolute atomic E-state index is 0.00770. The fraction of sp³-hybridized carbons (Fsp3) is 0.381. The molecular formula is C21H24ClF2N3O. The molecule has 0 radical (unpaired) electrons. The highest BCUT2D eigenvalue weighted by Crippen LogP contribution is 2.24. The summed E-state index contributed by atoms with van der Waals surface area (Å²) >= 11 is 6.29. The normalized spacial score (nSPS) is 19.7. The van der Waals surface area contributed by atoms with Crippen LogP contribution in [0.25, 0.3) is 0 Å². The summed E-state index contributed by atoms with van der Waals surface area (Å²) in [5.41, 5.74) is 1.64. The van der Waals surface area contributed by atoms with Crippen LogP contribution in [0.4, 0.5) is 8.78 Å². The molecule has 0 saturated carbocycles. The molecule has 1 fully saturated rings. The lowest BCUT2D eigenvalue weighted by atomic mass is 10.1. The maximum atomic E-state index is 13.4. The largest absolute Gasteiger partial charge is 0.355 e. The zero-order chi connectivity index (χ0) is 20.1. The van der Waals surface area contributed by atoms with Gasteiger partial charge in [0.2, 0.25) is 5.91 Å². The van der Waals surface area contributed by atoms with E-state index in [1.165, 1.54) is 6.07 Å². The van der Waals surface area contributed by atoms with Crippen molar-refractivity contribution >= 4 is 17.5 Å². The third-order valence-electron chi connectivity index (χ3n) is 4.97. The number of carbonyl (C=O) groups excluding carboxylic acids is 1. The van der Waals surface area contributed by atoms with Crippen LogP contribution in [0.3, 0.4) is 0 Å². The van der Waals surface area contributed by atoms with Crippen LogP contribution in [0, 0.1) is 11.6 Å². The fourth-order valence-corrected chi connectivity index (χ4v) is 3.74. The first-order valence-electron chi connectivity index (χ1n) is 9.40. The Kier molecular flexibility index (Phi) is 6.99. The highest BCUT2D eigenvalue weighted by Gasteiger charge is 2.36. The topological polar surface area (TPSA) is 44.4 Å². The number of carbonyl (C=O) groups is 1. The van der Waals surface area contributed by atoms with E-state index in [9.17, 15) is 13.6 Å². The van der Waals surface area contributed by atoms with Gasteiger partial charge in [0.1, 0.15) is 0 Å². The molecule has 0 spiro atoms. The second kappa shape index (κ2) is 9.45. The standard InChI is InChI=1S/C21H24ClF2N3O/c1-2-25-21(28)20-10-16(26-11-14-7-8-18(23)19(24)9-14)13-27(20)12-15-5-3-4-6-17(15)22/h3-9,16,20,26H,2,10-13H2,1H3,(H,25,28)/t16-,20-/m0/s1. The molecule has 1 saturated heterocycles. The Balaban J connectivity index is 1.67. The van der Waals surface area contributed by atoms with Crippen LogP contribution in [0.1, 0.15) is 24.5 Å². The Hall–Kier alpha value is -2.02. The van der Waals surface area contributed by atoms with E-state index in [2.05, 4.69) is 15.5 Å². The van der Waals surface area contributed by atoms with Crippen LogP contribution in [-0.2, 0) is 17.9 Å². The van der Waals surface area contributed by atoms with Gasteiger partial charge in [-0.05, 0) is 42.7 Å². The van der Waals surface area contributed by atoms with Crippen LogP contribution in [0.15, 0.2) is 42.5 Å². The summed E-state index contributed by atoms with van der Waals surface area (Å²) in [4.78, 5) is 14.6. The molecule has 3 rings (SSSR count). The molecule has 2 N–H and O–H groups in total. The summed E-state index contributed by atoms with van der Waals surface area (Å²) in [6, 6.07) is 11.3. The number of hydrogen-bond acceptors (Lipinski definition) is 3. The molecule has 28 heavy (non-hydrogen) atoms. The number of amides is 1. The van der Waals surface area contributed by atoms with E-state index in [1.807, 2.05) is 31.2 Å². The third-order valence-corrected chi connectivity index (χ3v) is 5.34. The van der Waals surface area contributed by atoms with Crippen LogP contribution in [0.2, 0.25) is 5.02 Å². The lowest BCUT2D eigenvalue weighted by Gasteiger charge is -2.23. The van der Waals surface area contributed by atoms with Gasteiger partial charge in [-0.25, -0.2) is 8.78 Å². The zero-order valence-corrected chi connectivity index (χ0v) is 16.5. The molecule has 0 aliphatic carbocycles. The van der Waals surface area contributed by atoms with Crippen molar-refractivity contribution in [2.24, 2.45) is 0 Å². The zero-order valence-electron chi connectivity index (χ0n) is 15.7. The molecule has 0 aromatic heterocycles. The highest BCUT2D eigenvalue weighted by molar-refractivity contribution is 6.31. The number of likely N-dealkylation sites (N-methyl/N-ethyl adjacent to an activating group) is 1. The second-order valence-corrected chi connectivity index (χ2v) is 7.40. The van der Waals surface area contributed by atoms with E-state index in [0.29, 0.717) is 43.2 Å². The van der Waals surface area contributed by atoms with Crippen LogP contribution < -0.4 is 10.6 Å². The molecule has 0 unspecified atom stereocenters. The lowest BCUT2D eigenvalue weighted by Crippen LogP contribution is -2.42. The van der Waals surface area contributed by atoms with Crippen LogP contribution in [0.5, 0.6) is 0 Å². The number of halogens is 3. The minimum atomic E-state index is -0.855. The number of rotatable bonds is 7. The highest BCUT2D eigenvalue weighted by atomic mass is 35.5. The summed E-state index contributed by atoms with van der Waals surface area (Å²) in [6.07, 6.45) is 0.639. The van der Waals surface area contributed by atoms with Crippen molar-refractivity contribution in [2.45, 2.75) is 38.5 Å². The summed E-state index contributed by atoms with van der Waals surface area (Å²) in [5, 5.41) is 6.93. The first kappa shape index (κ1) is 20.7. The number of likely N-dealkylation sites (tertiary alicyclic amines) is 1. The number of nitrogens with zero attached hydrogens (tertiary/aromatic N) is 1. The number of benzene rings is 2. The SMILES string of the molecule is CCNC(=O)[C@@H]1C[C@H](NCc2ccc(F)c(F)c2)CN1Cc1ccccc1Cl. The van der Waals surface area contributed by atoms with Crippen molar-refractivity contribution in [3.8, 4) is 0 Å². The molecule has 2 atom stereocenters. The van der Waals surface area contributed by atoms with Crippen LogP contribution in [-0.4, -0.2) is 36.0 Å². The van der Waals surface area contributed by atoms with Gasteiger partial charge >= 0.3 is 0 Å². The van der Waals surface area contributed by atoms with Gasteiger partial charge in [-0.2, -0.15) is 0 Å². The predicted octanol–water partition coefficient (Wildman–Crippen LogP) is 3.49. The summed E-state index contributed by atoms with van der Waals surface area (Å²) < 4.78 is 26.5. The van der Waals surface area contributed by atoms with Crippen molar-refractivity contribution in [1.82, 2.24) is 15.5 Å². The van der Waals surface area contributed by atoms with Gasteiger partial charge in [-0.3, -0.25) is 9.69 Å². The monoisotopic (exact) mass is 407 g/mol. The van der Waals surface area contributed by atoms with E-state index in [-0.39, 0.29) is 18.0 Å². The van der Waals surface area contributed by atoms with E-state index >= 15 is 0 Å². The van der Waals surface area contributed by atoms with Crippen molar-refractivity contribution in [2.75, 3.05) is 13.1 Å². The van der Waals surface area contributed by atoms with E-state index in [1.54, 1.807) is 6.07 Å².